The second-order valence-electron chi connectivity index (χ2n) is 7.69. The van der Waals surface area contributed by atoms with E-state index in [4.69, 9.17) is 0 Å². The van der Waals surface area contributed by atoms with Crippen molar-refractivity contribution < 1.29 is 9.90 Å². The van der Waals surface area contributed by atoms with Gasteiger partial charge in [-0.3, -0.25) is 4.79 Å². The van der Waals surface area contributed by atoms with Crippen LogP contribution in [0.2, 0.25) is 0 Å². The molecule has 3 fully saturated rings. The Morgan fingerprint density at radius 3 is 2.71 bits per heavy atom. The number of rotatable bonds is 6. The highest BCUT2D eigenvalue weighted by Crippen LogP contribution is 2.48. The molecule has 0 aromatic rings. The number of nitrogens with zero attached hydrogens (tertiary/aromatic N) is 1. The third kappa shape index (κ3) is 2.85. The van der Waals surface area contributed by atoms with Gasteiger partial charge in [-0.25, -0.2) is 0 Å². The Kier molecular flexibility index (Phi) is 4.28. The first-order chi connectivity index (χ1) is 10.0. The van der Waals surface area contributed by atoms with Crippen LogP contribution in [-0.2, 0) is 4.79 Å². The molecule has 0 heterocycles. The van der Waals surface area contributed by atoms with E-state index in [1.807, 2.05) is 6.92 Å². The number of hydrogen-bond donors (Lipinski definition) is 2. The molecule has 0 saturated heterocycles. The van der Waals surface area contributed by atoms with E-state index in [0.717, 1.165) is 43.6 Å². The van der Waals surface area contributed by atoms with Crippen molar-refractivity contribution in [2.24, 2.45) is 17.8 Å². The Hall–Kier alpha value is -0.610. The maximum atomic E-state index is 11.6. The molecular weight excluding hydrogens is 264 g/mol. The molecule has 3 aliphatic rings. The Morgan fingerprint density at radius 1 is 1.33 bits per heavy atom. The summed E-state index contributed by atoms with van der Waals surface area (Å²) in [6.45, 7) is 3.90. The van der Waals surface area contributed by atoms with Gasteiger partial charge >= 0.3 is 5.97 Å². The predicted molar refractivity (Wildman–Crippen MR) is 83.3 cm³/mol. The summed E-state index contributed by atoms with van der Waals surface area (Å²) in [4.78, 5) is 14.1. The molecule has 2 bridgehead atoms. The van der Waals surface area contributed by atoms with Crippen molar-refractivity contribution in [2.75, 3.05) is 20.1 Å². The van der Waals surface area contributed by atoms with Crippen LogP contribution in [0.3, 0.4) is 0 Å². The number of likely N-dealkylation sites (N-methyl/N-ethyl adjacent to an activating group) is 1. The number of fused-ring (bicyclic) bond motifs is 2. The van der Waals surface area contributed by atoms with Gasteiger partial charge in [0.05, 0.1) is 0 Å². The van der Waals surface area contributed by atoms with E-state index in [0.29, 0.717) is 6.04 Å². The second-order valence-corrected chi connectivity index (χ2v) is 7.69. The molecular formula is C17H30N2O2. The first-order valence-electron chi connectivity index (χ1n) is 8.72. The van der Waals surface area contributed by atoms with Gasteiger partial charge in [-0.15, -0.1) is 0 Å². The van der Waals surface area contributed by atoms with Crippen LogP contribution >= 0.6 is 0 Å². The summed E-state index contributed by atoms with van der Waals surface area (Å²) >= 11 is 0. The third-order valence-corrected chi connectivity index (χ3v) is 6.44. The number of carbonyl (C=O) groups is 1. The van der Waals surface area contributed by atoms with Crippen molar-refractivity contribution in [2.45, 2.75) is 63.5 Å². The number of nitrogens with one attached hydrogen (secondary N) is 1. The summed E-state index contributed by atoms with van der Waals surface area (Å²) < 4.78 is 0. The topological polar surface area (TPSA) is 52.6 Å². The largest absolute Gasteiger partial charge is 0.480 e. The lowest BCUT2D eigenvalue weighted by Crippen LogP contribution is -2.51. The third-order valence-electron chi connectivity index (χ3n) is 6.44. The van der Waals surface area contributed by atoms with Crippen LogP contribution in [0.1, 0.15) is 51.9 Å². The summed E-state index contributed by atoms with van der Waals surface area (Å²) in [5, 5.41) is 12.8. The predicted octanol–water partition coefficient (Wildman–Crippen LogP) is 2.34. The van der Waals surface area contributed by atoms with Crippen molar-refractivity contribution in [1.82, 2.24) is 10.2 Å². The number of carboxylic acid groups (broad SMARTS) is 1. The fourth-order valence-electron chi connectivity index (χ4n) is 5.28. The van der Waals surface area contributed by atoms with E-state index >= 15 is 0 Å². The van der Waals surface area contributed by atoms with E-state index < -0.39 is 11.5 Å². The van der Waals surface area contributed by atoms with Crippen LogP contribution in [0.4, 0.5) is 0 Å². The SMILES string of the molecule is CCNC1(C(=O)O)CCC(N(C)CC2CC3CCC2C3)C1. The summed E-state index contributed by atoms with van der Waals surface area (Å²) in [5.41, 5.74) is -0.678. The molecule has 0 aliphatic heterocycles. The molecule has 4 heteroatoms. The Bertz CT molecular complexity index is 400. The van der Waals surface area contributed by atoms with E-state index in [-0.39, 0.29) is 0 Å². The zero-order valence-corrected chi connectivity index (χ0v) is 13.5. The van der Waals surface area contributed by atoms with Crippen LogP contribution in [0, 0.1) is 17.8 Å². The first-order valence-corrected chi connectivity index (χ1v) is 8.72. The van der Waals surface area contributed by atoms with Gasteiger partial charge in [-0.2, -0.15) is 0 Å². The molecule has 0 radical (unpaired) electrons. The van der Waals surface area contributed by atoms with Crippen LogP contribution < -0.4 is 5.32 Å². The average molecular weight is 294 g/mol. The van der Waals surface area contributed by atoms with Gasteiger partial charge in [0, 0.05) is 12.6 Å². The normalized spacial score (nSPS) is 42.0. The molecule has 5 atom stereocenters. The molecule has 21 heavy (non-hydrogen) atoms. The smallest absolute Gasteiger partial charge is 0.323 e. The van der Waals surface area contributed by atoms with Crippen molar-refractivity contribution >= 4 is 5.97 Å². The number of carboxylic acids is 1. The van der Waals surface area contributed by atoms with Gasteiger partial charge < -0.3 is 15.3 Å². The molecule has 4 nitrogen and oxygen atoms in total. The fourth-order valence-corrected chi connectivity index (χ4v) is 5.28. The molecule has 3 saturated carbocycles. The lowest BCUT2D eigenvalue weighted by molar-refractivity contribution is -0.144. The monoisotopic (exact) mass is 294 g/mol. The minimum absolute atomic E-state index is 0.430. The maximum Gasteiger partial charge on any atom is 0.323 e. The van der Waals surface area contributed by atoms with Crippen molar-refractivity contribution in [3.05, 3.63) is 0 Å². The van der Waals surface area contributed by atoms with Gasteiger partial charge in [-0.1, -0.05) is 13.3 Å². The van der Waals surface area contributed by atoms with Gasteiger partial charge in [0.2, 0.25) is 0 Å². The maximum absolute atomic E-state index is 11.6. The van der Waals surface area contributed by atoms with Crippen LogP contribution in [0.5, 0.6) is 0 Å². The van der Waals surface area contributed by atoms with Gasteiger partial charge in [-0.05, 0) is 69.9 Å². The molecule has 0 aromatic carbocycles. The highest BCUT2D eigenvalue weighted by molar-refractivity contribution is 5.79. The summed E-state index contributed by atoms with van der Waals surface area (Å²) in [6, 6.07) is 0.430. The molecule has 3 rings (SSSR count). The van der Waals surface area contributed by atoms with Crippen molar-refractivity contribution in [1.29, 1.82) is 0 Å². The average Bonchev–Trinajstić information content (AvgIpc) is 3.13. The summed E-state index contributed by atoms with van der Waals surface area (Å²) in [5.74, 6) is 2.15. The highest BCUT2D eigenvalue weighted by atomic mass is 16.4. The van der Waals surface area contributed by atoms with Gasteiger partial charge in [0.15, 0.2) is 0 Å². The summed E-state index contributed by atoms with van der Waals surface area (Å²) in [6.07, 6.45) is 8.30. The first kappa shape index (κ1) is 15.3. The minimum Gasteiger partial charge on any atom is -0.480 e. The van der Waals surface area contributed by atoms with Crippen LogP contribution in [-0.4, -0.2) is 47.7 Å². The molecule has 0 spiro atoms. The standard InChI is InChI=1S/C17H30N2O2/c1-3-18-17(16(20)21)7-6-15(10-17)19(2)11-14-9-12-4-5-13(14)8-12/h12-15,18H,3-11H2,1-2H3,(H,20,21). The Morgan fingerprint density at radius 2 is 2.14 bits per heavy atom. The molecule has 3 aliphatic carbocycles. The number of aliphatic carboxylic acids is 1. The molecule has 2 N–H and O–H groups in total. The summed E-state index contributed by atoms with van der Waals surface area (Å²) in [7, 11) is 2.21. The second kappa shape index (κ2) is 5.88. The Balaban J connectivity index is 1.56. The minimum atomic E-state index is -0.678. The van der Waals surface area contributed by atoms with Gasteiger partial charge in [0.1, 0.15) is 5.54 Å². The van der Waals surface area contributed by atoms with Crippen LogP contribution in [0.15, 0.2) is 0 Å². The Labute approximate surface area is 128 Å². The molecule has 0 aromatic heterocycles. The zero-order chi connectivity index (χ0) is 15.0. The van der Waals surface area contributed by atoms with Crippen molar-refractivity contribution in [3.8, 4) is 0 Å². The zero-order valence-electron chi connectivity index (χ0n) is 13.5. The fraction of sp³-hybridized carbons (Fsp3) is 0.941. The van der Waals surface area contributed by atoms with Crippen molar-refractivity contribution in [3.63, 3.8) is 0 Å². The molecule has 0 amide bonds. The van der Waals surface area contributed by atoms with E-state index in [2.05, 4.69) is 17.3 Å². The lowest BCUT2D eigenvalue weighted by Gasteiger charge is -2.32. The van der Waals surface area contributed by atoms with E-state index in [9.17, 15) is 9.90 Å². The molecule has 120 valence electrons. The van der Waals surface area contributed by atoms with Crippen LogP contribution in [0.25, 0.3) is 0 Å². The van der Waals surface area contributed by atoms with Gasteiger partial charge in [0.25, 0.3) is 0 Å². The number of hydrogen-bond acceptors (Lipinski definition) is 3. The highest BCUT2D eigenvalue weighted by Gasteiger charge is 2.47. The quantitative estimate of drug-likeness (QED) is 0.789. The van der Waals surface area contributed by atoms with E-state index in [1.54, 1.807) is 0 Å². The van der Waals surface area contributed by atoms with E-state index in [1.165, 1.54) is 32.2 Å². The molecule has 5 unspecified atom stereocenters. The lowest BCUT2D eigenvalue weighted by atomic mass is 9.88.